The molecule has 3 heteroatoms. The fourth-order valence-electron chi connectivity index (χ4n) is 3.17. The monoisotopic (exact) mass is 231 g/mol. The number of anilines is 1. The number of rotatable bonds is 2. The van der Waals surface area contributed by atoms with Crippen LogP contribution in [-0.2, 0) is 6.42 Å². The molecule has 2 fully saturated rings. The lowest BCUT2D eigenvalue weighted by molar-refractivity contribution is 0.165. The van der Waals surface area contributed by atoms with Crippen molar-refractivity contribution in [1.82, 2.24) is 9.97 Å². The van der Waals surface area contributed by atoms with E-state index in [9.17, 15) is 0 Å². The lowest BCUT2D eigenvalue weighted by Gasteiger charge is -2.38. The largest absolute Gasteiger partial charge is 0.356 e. The Hall–Kier alpha value is -1.12. The number of aryl methyl sites for hydroxylation is 2. The van der Waals surface area contributed by atoms with Gasteiger partial charge in [0.05, 0.1) is 0 Å². The molecule has 0 N–H and O–H groups in total. The van der Waals surface area contributed by atoms with Gasteiger partial charge in [-0.3, -0.25) is 0 Å². The molecule has 1 saturated carbocycles. The summed E-state index contributed by atoms with van der Waals surface area (Å²) < 4.78 is 0. The molecule has 0 radical (unpaired) electrons. The highest BCUT2D eigenvalue weighted by molar-refractivity contribution is 5.42. The molecule has 3 nitrogen and oxygen atoms in total. The zero-order valence-electron chi connectivity index (χ0n) is 10.9. The van der Waals surface area contributed by atoms with Gasteiger partial charge in [0.2, 0.25) is 0 Å². The summed E-state index contributed by atoms with van der Waals surface area (Å²) in [5.74, 6) is 2.06. The van der Waals surface area contributed by atoms with Gasteiger partial charge in [-0.05, 0) is 38.0 Å². The fourth-order valence-corrected chi connectivity index (χ4v) is 3.17. The molecule has 0 unspecified atom stereocenters. The van der Waals surface area contributed by atoms with Crippen molar-refractivity contribution in [3.63, 3.8) is 0 Å². The molecule has 0 bridgehead atoms. The third-order valence-corrected chi connectivity index (χ3v) is 4.42. The minimum Gasteiger partial charge on any atom is -0.356 e. The van der Waals surface area contributed by atoms with Crippen LogP contribution in [0.15, 0.2) is 6.07 Å². The predicted octanol–water partition coefficient (Wildman–Crippen LogP) is 2.73. The molecule has 92 valence electrons. The maximum atomic E-state index is 4.60. The smallest absolute Gasteiger partial charge is 0.132 e. The van der Waals surface area contributed by atoms with Crippen LogP contribution in [0.25, 0.3) is 0 Å². The Morgan fingerprint density at radius 1 is 1.29 bits per heavy atom. The highest BCUT2D eigenvalue weighted by Gasteiger charge is 2.43. The molecule has 1 aromatic rings. The summed E-state index contributed by atoms with van der Waals surface area (Å²) in [7, 11) is 0. The normalized spacial score (nSPS) is 21.9. The first-order chi connectivity index (χ1) is 8.21. The van der Waals surface area contributed by atoms with Crippen LogP contribution in [0.2, 0.25) is 0 Å². The van der Waals surface area contributed by atoms with Gasteiger partial charge in [-0.25, -0.2) is 9.97 Å². The zero-order chi connectivity index (χ0) is 11.9. The second-order valence-corrected chi connectivity index (χ2v) is 5.64. The van der Waals surface area contributed by atoms with Crippen molar-refractivity contribution in [2.24, 2.45) is 5.41 Å². The highest BCUT2D eigenvalue weighted by atomic mass is 15.2. The summed E-state index contributed by atoms with van der Waals surface area (Å²) in [6.07, 6.45) is 6.63. The topological polar surface area (TPSA) is 29.0 Å². The van der Waals surface area contributed by atoms with Crippen molar-refractivity contribution in [3.8, 4) is 0 Å². The number of hydrogen-bond donors (Lipinski definition) is 0. The number of nitrogens with zero attached hydrogens (tertiary/aromatic N) is 3. The molecule has 1 aliphatic heterocycles. The summed E-state index contributed by atoms with van der Waals surface area (Å²) >= 11 is 0. The molecule has 2 aliphatic rings. The fraction of sp³-hybridized carbons (Fsp3) is 0.714. The summed E-state index contributed by atoms with van der Waals surface area (Å²) in [6.45, 7) is 6.55. The van der Waals surface area contributed by atoms with E-state index in [4.69, 9.17) is 0 Å². The predicted molar refractivity (Wildman–Crippen MR) is 69.3 cm³/mol. The van der Waals surface area contributed by atoms with Gasteiger partial charge < -0.3 is 4.90 Å². The minimum atomic E-state index is 0.644. The third kappa shape index (κ3) is 1.92. The van der Waals surface area contributed by atoms with Crippen LogP contribution in [0.3, 0.4) is 0 Å². The Bertz CT molecular complexity index is 423. The van der Waals surface area contributed by atoms with Gasteiger partial charge in [-0.1, -0.05) is 13.3 Å². The van der Waals surface area contributed by atoms with E-state index >= 15 is 0 Å². The highest BCUT2D eigenvalue weighted by Crippen LogP contribution is 2.48. The molecule has 1 saturated heterocycles. The van der Waals surface area contributed by atoms with Crippen LogP contribution in [0.5, 0.6) is 0 Å². The third-order valence-electron chi connectivity index (χ3n) is 4.42. The first kappa shape index (κ1) is 11.0. The Morgan fingerprint density at radius 3 is 2.71 bits per heavy atom. The number of hydrogen-bond acceptors (Lipinski definition) is 3. The van der Waals surface area contributed by atoms with Gasteiger partial charge in [0, 0.05) is 24.8 Å². The van der Waals surface area contributed by atoms with E-state index < -0.39 is 0 Å². The van der Waals surface area contributed by atoms with Crippen LogP contribution in [-0.4, -0.2) is 23.1 Å². The molecule has 1 aliphatic carbocycles. The summed E-state index contributed by atoms with van der Waals surface area (Å²) in [4.78, 5) is 11.5. The quantitative estimate of drug-likeness (QED) is 0.783. The molecule has 3 rings (SSSR count). The van der Waals surface area contributed by atoms with E-state index in [1.54, 1.807) is 0 Å². The van der Waals surface area contributed by atoms with Crippen molar-refractivity contribution >= 4 is 5.82 Å². The van der Waals surface area contributed by atoms with Gasteiger partial charge in [-0.15, -0.1) is 0 Å². The maximum absolute atomic E-state index is 4.60. The van der Waals surface area contributed by atoms with E-state index in [0.29, 0.717) is 5.41 Å². The van der Waals surface area contributed by atoms with Crippen LogP contribution >= 0.6 is 0 Å². The van der Waals surface area contributed by atoms with Crippen molar-refractivity contribution in [1.29, 1.82) is 0 Å². The van der Waals surface area contributed by atoms with E-state index in [-0.39, 0.29) is 0 Å². The van der Waals surface area contributed by atoms with Crippen molar-refractivity contribution in [2.75, 3.05) is 18.0 Å². The van der Waals surface area contributed by atoms with Crippen molar-refractivity contribution < 1.29 is 0 Å². The summed E-state index contributed by atoms with van der Waals surface area (Å²) in [5.41, 5.74) is 1.81. The lowest BCUT2D eigenvalue weighted by Crippen LogP contribution is -2.33. The second kappa shape index (κ2) is 3.97. The maximum Gasteiger partial charge on any atom is 0.132 e. The Morgan fingerprint density at radius 2 is 2.12 bits per heavy atom. The van der Waals surface area contributed by atoms with Crippen LogP contribution in [0.1, 0.15) is 44.1 Å². The Labute approximate surface area is 103 Å². The molecule has 0 atom stereocenters. The van der Waals surface area contributed by atoms with E-state index in [1.165, 1.54) is 44.5 Å². The molecule has 17 heavy (non-hydrogen) atoms. The van der Waals surface area contributed by atoms with Crippen LogP contribution in [0.4, 0.5) is 5.82 Å². The first-order valence-electron chi connectivity index (χ1n) is 6.80. The zero-order valence-corrected chi connectivity index (χ0v) is 10.9. The Balaban J connectivity index is 1.82. The summed E-state index contributed by atoms with van der Waals surface area (Å²) in [5, 5.41) is 0. The molecule has 0 aromatic carbocycles. The summed E-state index contributed by atoms with van der Waals surface area (Å²) in [6, 6.07) is 2.17. The molecule has 1 spiro atoms. The van der Waals surface area contributed by atoms with Crippen molar-refractivity contribution in [3.05, 3.63) is 17.6 Å². The standard InChI is InChI=1S/C14H21N3/c1-3-12-9-13(16-11(2)15-12)17-8-7-14(10-17)5-4-6-14/h9H,3-8,10H2,1-2H3. The SMILES string of the molecule is CCc1cc(N2CCC3(CCC3)C2)nc(C)n1. The van der Waals surface area contributed by atoms with Gasteiger partial charge in [0.25, 0.3) is 0 Å². The second-order valence-electron chi connectivity index (χ2n) is 5.64. The molecule has 0 amide bonds. The van der Waals surface area contributed by atoms with Gasteiger partial charge in [0.15, 0.2) is 0 Å². The van der Waals surface area contributed by atoms with Crippen LogP contribution < -0.4 is 4.90 Å². The average molecular weight is 231 g/mol. The van der Waals surface area contributed by atoms with Gasteiger partial charge in [0.1, 0.15) is 11.6 Å². The lowest BCUT2D eigenvalue weighted by atomic mass is 9.68. The van der Waals surface area contributed by atoms with E-state index in [0.717, 1.165) is 18.1 Å². The Kier molecular flexibility index (Phi) is 2.57. The van der Waals surface area contributed by atoms with Gasteiger partial charge >= 0.3 is 0 Å². The molecular formula is C14H21N3. The molecule has 1 aromatic heterocycles. The van der Waals surface area contributed by atoms with Gasteiger partial charge in [-0.2, -0.15) is 0 Å². The van der Waals surface area contributed by atoms with Crippen molar-refractivity contribution in [2.45, 2.75) is 46.0 Å². The van der Waals surface area contributed by atoms with E-state index in [2.05, 4.69) is 27.9 Å². The minimum absolute atomic E-state index is 0.644. The number of aromatic nitrogens is 2. The average Bonchev–Trinajstić information content (AvgIpc) is 2.73. The van der Waals surface area contributed by atoms with E-state index in [1.807, 2.05) is 6.92 Å². The first-order valence-corrected chi connectivity index (χ1v) is 6.80. The molecule has 2 heterocycles. The van der Waals surface area contributed by atoms with Crippen LogP contribution in [0, 0.1) is 12.3 Å². The molecular weight excluding hydrogens is 210 g/mol.